The molecule has 2 aromatic carbocycles. The zero-order valence-electron chi connectivity index (χ0n) is 16.8. The maximum atomic E-state index is 12.1. The molecule has 0 amide bonds. The molecule has 0 bridgehead atoms. The van der Waals surface area contributed by atoms with E-state index in [0.29, 0.717) is 10.7 Å². The number of halogens is 1. The van der Waals surface area contributed by atoms with E-state index in [1.54, 1.807) is 17.5 Å². The normalized spacial score (nSPS) is 16.3. The highest BCUT2D eigenvalue weighted by Gasteiger charge is 2.38. The molecule has 158 valence electrons. The van der Waals surface area contributed by atoms with Gasteiger partial charge in [-0.1, -0.05) is 35.9 Å². The monoisotopic (exact) mass is 454 g/mol. The van der Waals surface area contributed by atoms with Crippen LogP contribution in [0.5, 0.6) is 0 Å². The lowest BCUT2D eigenvalue weighted by atomic mass is 9.91. The molecule has 1 aliphatic rings. The van der Waals surface area contributed by atoms with Crippen LogP contribution < -0.4 is 5.32 Å². The van der Waals surface area contributed by atoms with E-state index in [2.05, 4.69) is 10.3 Å². The van der Waals surface area contributed by atoms with Gasteiger partial charge in [-0.15, -0.1) is 11.3 Å². The van der Waals surface area contributed by atoms with Crippen LogP contribution in [0.2, 0.25) is 5.02 Å². The molecule has 0 aliphatic carbocycles. The molecule has 1 unspecified atom stereocenters. The summed E-state index contributed by atoms with van der Waals surface area (Å²) in [7, 11) is 0. The quantitative estimate of drug-likeness (QED) is 0.328. The molecule has 0 spiro atoms. The van der Waals surface area contributed by atoms with Gasteiger partial charge in [-0.05, 0) is 35.4 Å². The van der Waals surface area contributed by atoms with E-state index >= 15 is 0 Å². The van der Waals surface area contributed by atoms with Crippen LogP contribution in [0, 0.1) is 0 Å². The summed E-state index contributed by atoms with van der Waals surface area (Å²) in [5.74, 6) is -2.75. The number of nitrogens with one attached hydrogen (secondary N) is 1. The number of benzene rings is 2. The van der Waals surface area contributed by atoms with Crippen molar-refractivity contribution in [2.45, 2.75) is 25.6 Å². The molecule has 1 aromatic heterocycles. The van der Waals surface area contributed by atoms with Crippen molar-refractivity contribution in [1.82, 2.24) is 4.98 Å². The van der Waals surface area contributed by atoms with Crippen molar-refractivity contribution in [2.24, 2.45) is 0 Å². The number of rotatable bonds is 5. The average molecular weight is 455 g/mol. The third-order valence-electron chi connectivity index (χ3n) is 4.65. The largest absolute Gasteiger partial charge is 0.419 e. The van der Waals surface area contributed by atoms with Crippen LogP contribution in [0.4, 0.5) is 5.69 Å². The minimum atomic E-state index is -1.26. The maximum absolute atomic E-state index is 12.1. The Hall–Kier alpha value is -3.16. The molecule has 0 radical (unpaired) electrons. The summed E-state index contributed by atoms with van der Waals surface area (Å²) in [6, 6.07) is 15.4. The second-order valence-corrected chi connectivity index (χ2v) is 8.72. The van der Waals surface area contributed by atoms with Gasteiger partial charge in [0, 0.05) is 42.3 Å². The van der Waals surface area contributed by atoms with Crippen LogP contribution in [0.3, 0.4) is 0 Å². The van der Waals surface area contributed by atoms with Crippen molar-refractivity contribution >= 4 is 40.6 Å². The van der Waals surface area contributed by atoms with Crippen LogP contribution in [0.25, 0.3) is 0 Å². The molecule has 8 heteroatoms. The zero-order valence-corrected chi connectivity index (χ0v) is 18.4. The fraction of sp³-hybridized carbons (Fsp3) is 0.174. The van der Waals surface area contributed by atoms with Gasteiger partial charge < -0.3 is 14.8 Å². The number of carbonyl (C=O) groups is 2. The fourth-order valence-electron chi connectivity index (χ4n) is 3.22. The van der Waals surface area contributed by atoms with E-state index in [4.69, 9.17) is 21.1 Å². The number of nitrogens with zero attached hydrogens (tertiary/aromatic N) is 1. The smallest absolute Gasteiger partial charge is 0.350 e. The van der Waals surface area contributed by atoms with Gasteiger partial charge in [0.25, 0.3) is 5.79 Å². The molecule has 1 N–H and O–H groups in total. The molecule has 4 rings (SSSR count). The Morgan fingerprint density at radius 3 is 2.13 bits per heavy atom. The number of hydrogen-bond donors (Lipinski definition) is 1. The van der Waals surface area contributed by atoms with Gasteiger partial charge in [-0.3, -0.25) is 0 Å². The van der Waals surface area contributed by atoms with Gasteiger partial charge in [0.15, 0.2) is 5.57 Å². The second-order valence-electron chi connectivity index (χ2n) is 7.36. The van der Waals surface area contributed by atoms with Crippen LogP contribution in [-0.2, 0) is 19.1 Å². The third kappa shape index (κ3) is 4.78. The summed E-state index contributed by atoms with van der Waals surface area (Å²) in [5, 5.41) is 6.56. The van der Waals surface area contributed by atoms with Gasteiger partial charge in [-0.2, -0.15) is 0 Å². The van der Waals surface area contributed by atoms with Crippen molar-refractivity contribution in [3.63, 3.8) is 0 Å². The van der Waals surface area contributed by atoms with Crippen molar-refractivity contribution in [2.75, 3.05) is 5.32 Å². The summed E-state index contributed by atoms with van der Waals surface area (Å²) < 4.78 is 10.2. The predicted octanol–water partition coefficient (Wildman–Crippen LogP) is 5.11. The Kier molecular flexibility index (Phi) is 5.80. The number of ether oxygens (including phenoxy) is 2. The lowest BCUT2D eigenvalue weighted by Crippen LogP contribution is -2.42. The summed E-state index contributed by atoms with van der Waals surface area (Å²) in [6.07, 6.45) is 3.08. The molecule has 0 saturated carbocycles. The van der Waals surface area contributed by atoms with Gasteiger partial charge in [-0.25, -0.2) is 14.6 Å². The molecule has 6 nitrogen and oxygen atoms in total. The van der Waals surface area contributed by atoms with Crippen LogP contribution in [0.1, 0.15) is 35.9 Å². The highest BCUT2D eigenvalue weighted by atomic mass is 35.5. The first-order chi connectivity index (χ1) is 14.8. The van der Waals surface area contributed by atoms with E-state index in [0.717, 1.165) is 16.1 Å². The van der Waals surface area contributed by atoms with Crippen molar-refractivity contribution in [1.29, 1.82) is 0 Å². The van der Waals surface area contributed by atoms with E-state index in [1.165, 1.54) is 20.0 Å². The number of anilines is 1. The van der Waals surface area contributed by atoms with E-state index in [-0.39, 0.29) is 11.5 Å². The van der Waals surface area contributed by atoms with Crippen molar-refractivity contribution in [3.05, 3.63) is 93.0 Å². The zero-order chi connectivity index (χ0) is 22.0. The van der Waals surface area contributed by atoms with Crippen molar-refractivity contribution in [3.8, 4) is 0 Å². The average Bonchev–Trinajstić information content (AvgIpc) is 3.23. The topological polar surface area (TPSA) is 77.5 Å². The number of cyclic esters (lactones) is 2. The Labute approximate surface area is 188 Å². The Morgan fingerprint density at radius 1 is 1.00 bits per heavy atom. The Balaban J connectivity index is 1.56. The number of esters is 2. The molecule has 1 aliphatic heterocycles. The molecule has 1 atom stereocenters. The lowest BCUT2D eigenvalue weighted by molar-refractivity contribution is -0.222. The van der Waals surface area contributed by atoms with Crippen LogP contribution >= 0.6 is 22.9 Å². The SMILES string of the molecule is CC1(C)OC(=O)C(=CNc2ccc(C(c3ccc(Cl)cc3)c3nccs3)cc2)C(=O)O1. The summed E-state index contributed by atoms with van der Waals surface area (Å²) in [5.41, 5.74) is 2.65. The number of carbonyl (C=O) groups excluding carboxylic acids is 2. The molecule has 3 aromatic rings. The number of thiazole rings is 1. The minimum Gasteiger partial charge on any atom is -0.419 e. The van der Waals surface area contributed by atoms with Crippen molar-refractivity contribution < 1.29 is 19.1 Å². The second kappa shape index (κ2) is 8.53. The Morgan fingerprint density at radius 2 is 1.58 bits per heavy atom. The van der Waals surface area contributed by atoms with Gasteiger partial charge in [0.1, 0.15) is 5.01 Å². The van der Waals surface area contributed by atoms with E-state index in [1.807, 2.05) is 53.9 Å². The minimum absolute atomic E-state index is 0.0322. The van der Waals surface area contributed by atoms with Crippen LogP contribution in [-0.4, -0.2) is 22.7 Å². The summed E-state index contributed by atoms with van der Waals surface area (Å²) in [4.78, 5) is 28.6. The predicted molar refractivity (Wildman–Crippen MR) is 119 cm³/mol. The number of hydrogen-bond acceptors (Lipinski definition) is 7. The first-order valence-corrected chi connectivity index (χ1v) is 10.8. The molecular weight excluding hydrogens is 436 g/mol. The maximum Gasteiger partial charge on any atom is 0.350 e. The van der Waals surface area contributed by atoms with Crippen LogP contribution in [0.15, 0.2) is 71.9 Å². The molecule has 1 fully saturated rings. The van der Waals surface area contributed by atoms with E-state index in [9.17, 15) is 9.59 Å². The first-order valence-electron chi connectivity index (χ1n) is 9.50. The summed E-state index contributed by atoms with van der Waals surface area (Å²) in [6.45, 7) is 3.01. The third-order valence-corrected chi connectivity index (χ3v) is 5.74. The molecule has 2 heterocycles. The molecular formula is C23H19ClN2O4S. The number of aromatic nitrogens is 1. The van der Waals surface area contributed by atoms with Gasteiger partial charge >= 0.3 is 11.9 Å². The lowest BCUT2D eigenvalue weighted by Gasteiger charge is -2.29. The van der Waals surface area contributed by atoms with Gasteiger partial charge in [0.05, 0.1) is 5.92 Å². The summed E-state index contributed by atoms with van der Waals surface area (Å²) >= 11 is 7.64. The highest BCUT2D eigenvalue weighted by Crippen LogP contribution is 2.34. The fourth-order valence-corrected chi connectivity index (χ4v) is 4.13. The highest BCUT2D eigenvalue weighted by molar-refractivity contribution is 7.09. The first kappa shape index (κ1) is 21.1. The standard InChI is InChI=1S/C23H19ClN2O4S/c1-23(2)29-21(27)18(22(28)30-23)13-26-17-9-5-15(6-10-17)19(20-25-11-12-31-20)14-3-7-16(24)8-4-14/h3-13,19,26H,1-2H3. The molecule has 1 saturated heterocycles. The van der Waals surface area contributed by atoms with Gasteiger partial charge in [0.2, 0.25) is 0 Å². The molecule has 31 heavy (non-hydrogen) atoms. The van der Waals surface area contributed by atoms with E-state index < -0.39 is 17.7 Å². The Bertz CT molecular complexity index is 1100.